The number of hydrogen-bond donors (Lipinski definition) is 2. The Morgan fingerprint density at radius 2 is 2.00 bits per heavy atom. The van der Waals surface area contributed by atoms with E-state index in [2.05, 4.69) is 10.3 Å². The monoisotopic (exact) mass is 302 g/mol. The molecule has 0 aromatic carbocycles. The number of amides is 1. The molecule has 0 spiro atoms. The lowest BCUT2D eigenvalue weighted by atomic mass is 9.87. The van der Waals surface area contributed by atoms with Crippen LogP contribution in [0.3, 0.4) is 0 Å². The number of carbonyl (C=O) groups excluding carboxylic acids is 1. The zero-order chi connectivity index (χ0) is 15.5. The van der Waals surface area contributed by atoms with Crippen LogP contribution < -0.4 is 5.32 Å². The largest absolute Gasteiger partial charge is 0.433 e. The SMILES string of the molecule is O=C(NCC1(CO)CCCC1)c1ccc(C(F)(F)F)nc1. The van der Waals surface area contributed by atoms with Crippen molar-refractivity contribution >= 4 is 5.91 Å². The minimum Gasteiger partial charge on any atom is -0.396 e. The summed E-state index contributed by atoms with van der Waals surface area (Å²) in [4.78, 5) is 15.2. The summed E-state index contributed by atoms with van der Waals surface area (Å²) in [6, 6.07) is 1.89. The minimum atomic E-state index is -4.51. The highest BCUT2D eigenvalue weighted by molar-refractivity contribution is 5.93. The Morgan fingerprint density at radius 3 is 2.48 bits per heavy atom. The maximum atomic E-state index is 12.4. The number of aliphatic hydroxyl groups is 1. The average molecular weight is 302 g/mol. The van der Waals surface area contributed by atoms with E-state index in [9.17, 15) is 23.1 Å². The summed E-state index contributed by atoms with van der Waals surface area (Å²) in [6.45, 7) is 0.321. The lowest BCUT2D eigenvalue weighted by molar-refractivity contribution is -0.141. The van der Waals surface area contributed by atoms with Crippen LogP contribution in [0.25, 0.3) is 0 Å². The lowest BCUT2D eigenvalue weighted by Crippen LogP contribution is -2.38. The molecular formula is C14H17F3N2O2. The van der Waals surface area contributed by atoms with Gasteiger partial charge in [-0.2, -0.15) is 13.2 Å². The van der Waals surface area contributed by atoms with Gasteiger partial charge >= 0.3 is 6.18 Å². The molecule has 1 amide bonds. The van der Waals surface area contributed by atoms with E-state index in [1.807, 2.05) is 0 Å². The van der Waals surface area contributed by atoms with Crippen molar-refractivity contribution in [2.45, 2.75) is 31.9 Å². The predicted molar refractivity (Wildman–Crippen MR) is 69.6 cm³/mol. The van der Waals surface area contributed by atoms with Gasteiger partial charge in [-0.05, 0) is 25.0 Å². The van der Waals surface area contributed by atoms with Gasteiger partial charge in [0, 0.05) is 18.2 Å². The summed E-state index contributed by atoms with van der Waals surface area (Å²) in [5.74, 6) is -0.476. The van der Waals surface area contributed by atoms with Crippen molar-refractivity contribution in [3.8, 4) is 0 Å². The molecule has 2 N–H and O–H groups in total. The molecule has 7 heteroatoms. The average Bonchev–Trinajstić information content (AvgIpc) is 2.93. The number of nitrogens with zero attached hydrogens (tertiary/aromatic N) is 1. The third-order valence-corrected chi connectivity index (χ3v) is 3.94. The number of halogens is 3. The standard InChI is InChI=1S/C14H17F3N2O2/c15-14(16,17)11-4-3-10(7-18-11)12(21)19-8-13(9-20)5-1-2-6-13/h3-4,7,20H,1-2,5-6,8-9H2,(H,19,21). The second-order valence-electron chi connectivity index (χ2n) is 5.48. The van der Waals surface area contributed by atoms with Gasteiger partial charge in [-0.3, -0.25) is 9.78 Å². The molecule has 1 saturated carbocycles. The lowest BCUT2D eigenvalue weighted by Gasteiger charge is -2.26. The molecule has 0 radical (unpaired) electrons. The highest BCUT2D eigenvalue weighted by atomic mass is 19.4. The molecule has 116 valence electrons. The molecule has 0 atom stereocenters. The molecule has 1 aliphatic carbocycles. The summed E-state index contributed by atoms with van der Waals surface area (Å²) >= 11 is 0. The third-order valence-electron chi connectivity index (χ3n) is 3.94. The van der Waals surface area contributed by atoms with Crippen molar-refractivity contribution in [1.29, 1.82) is 0 Å². The van der Waals surface area contributed by atoms with Crippen LogP contribution in [0.2, 0.25) is 0 Å². The van der Waals surface area contributed by atoms with Crippen LogP contribution in [0.1, 0.15) is 41.7 Å². The number of aromatic nitrogens is 1. The van der Waals surface area contributed by atoms with E-state index in [0.29, 0.717) is 6.54 Å². The van der Waals surface area contributed by atoms with Crippen LogP contribution >= 0.6 is 0 Å². The number of aliphatic hydroxyl groups excluding tert-OH is 1. The number of hydrogen-bond acceptors (Lipinski definition) is 3. The minimum absolute atomic E-state index is 0.00145. The van der Waals surface area contributed by atoms with E-state index < -0.39 is 17.8 Å². The van der Waals surface area contributed by atoms with Crippen LogP contribution in [0.5, 0.6) is 0 Å². The summed E-state index contributed by atoms with van der Waals surface area (Å²) in [6.07, 6.45) is 0.110. The first-order chi connectivity index (χ1) is 9.86. The fourth-order valence-corrected chi connectivity index (χ4v) is 2.58. The van der Waals surface area contributed by atoms with Crippen LogP contribution in [-0.2, 0) is 6.18 Å². The van der Waals surface area contributed by atoms with Crippen LogP contribution in [-0.4, -0.2) is 29.1 Å². The summed E-state index contributed by atoms with van der Waals surface area (Å²) in [5.41, 5.74) is -1.25. The number of pyridine rings is 1. The molecular weight excluding hydrogens is 285 g/mol. The van der Waals surface area contributed by atoms with E-state index in [1.165, 1.54) is 0 Å². The summed E-state index contributed by atoms with van der Waals surface area (Å²) in [7, 11) is 0. The Hall–Kier alpha value is -1.63. The Kier molecular flexibility index (Phi) is 4.51. The fraction of sp³-hybridized carbons (Fsp3) is 0.571. The Labute approximate surface area is 120 Å². The van der Waals surface area contributed by atoms with E-state index in [1.54, 1.807) is 0 Å². The predicted octanol–water partition coefficient (Wildman–Crippen LogP) is 2.38. The van der Waals surface area contributed by atoms with Gasteiger partial charge in [0.05, 0.1) is 12.2 Å². The molecule has 1 aromatic heterocycles. The van der Waals surface area contributed by atoms with Gasteiger partial charge in [-0.1, -0.05) is 12.8 Å². The Morgan fingerprint density at radius 1 is 1.33 bits per heavy atom. The summed E-state index contributed by atoms with van der Waals surface area (Å²) in [5, 5.41) is 12.1. The number of carbonyl (C=O) groups is 1. The van der Waals surface area contributed by atoms with Gasteiger partial charge in [-0.15, -0.1) is 0 Å². The number of alkyl halides is 3. The van der Waals surface area contributed by atoms with Crippen molar-refractivity contribution in [2.75, 3.05) is 13.2 Å². The second-order valence-corrected chi connectivity index (χ2v) is 5.48. The zero-order valence-electron chi connectivity index (χ0n) is 11.4. The first kappa shape index (κ1) is 15.8. The highest BCUT2D eigenvalue weighted by Crippen LogP contribution is 2.36. The Bertz CT molecular complexity index is 494. The van der Waals surface area contributed by atoms with Gasteiger partial charge in [0.25, 0.3) is 5.91 Å². The fourth-order valence-electron chi connectivity index (χ4n) is 2.58. The maximum Gasteiger partial charge on any atom is 0.433 e. The molecule has 1 fully saturated rings. The quantitative estimate of drug-likeness (QED) is 0.897. The molecule has 21 heavy (non-hydrogen) atoms. The normalized spacial score (nSPS) is 17.7. The van der Waals surface area contributed by atoms with Gasteiger partial charge in [0.15, 0.2) is 0 Å². The number of rotatable bonds is 4. The summed E-state index contributed by atoms with van der Waals surface area (Å²) < 4.78 is 37.1. The third kappa shape index (κ3) is 3.72. The first-order valence-electron chi connectivity index (χ1n) is 6.79. The van der Waals surface area contributed by atoms with Gasteiger partial charge < -0.3 is 10.4 Å². The van der Waals surface area contributed by atoms with E-state index in [4.69, 9.17) is 0 Å². The van der Waals surface area contributed by atoms with Crippen LogP contribution in [0.4, 0.5) is 13.2 Å². The van der Waals surface area contributed by atoms with Gasteiger partial charge in [0.2, 0.25) is 0 Å². The van der Waals surface area contributed by atoms with Crippen LogP contribution in [0, 0.1) is 5.41 Å². The van der Waals surface area contributed by atoms with Gasteiger partial charge in [0.1, 0.15) is 5.69 Å². The van der Waals surface area contributed by atoms with Crippen molar-refractivity contribution < 1.29 is 23.1 Å². The molecule has 0 bridgehead atoms. The van der Waals surface area contributed by atoms with E-state index in [-0.39, 0.29) is 17.6 Å². The van der Waals surface area contributed by atoms with E-state index >= 15 is 0 Å². The maximum absolute atomic E-state index is 12.4. The van der Waals surface area contributed by atoms with Gasteiger partial charge in [-0.25, -0.2) is 0 Å². The first-order valence-corrected chi connectivity index (χ1v) is 6.79. The zero-order valence-corrected chi connectivity index (χ0v) is 11.4. The van der Waals surface area contributed by atoms with E-state index in [0.717, 1.165) is 44.0 Å². The molecule has 4 nitrogen and oxygen atoms in total. The van der Waals surface area contributed by atoms with Crippen LogP contribution in [0.15, 0.2) is 18.3 Å². The van der Waals surface area contributed by atoms with Crippen molar-refractivity contribution in [3.05, 3.63) is 29.6 Å². The molecule has 1 aliphatic rings. The molecule has 0 saturated heterocycles. The van der Waals surface area contributed by atoms with Crippen molar-refractivity contribution in [3.63, 3.8) is 0 Å². The molecule has 0 unspecified atom stereocenters. The Balaban J connectivity index is 1.97. The smallest absolute Gasteiger partial charge is 0.396 e. The highest BCUT2D eigenvalue weighted by Gasteiger charge is 2.34. The number of nitrogens with one attached hydrogen (secondary N) is 1. The molecule has 2 rings (SSSR count). The molecule has 0 aliphatic heterocycles. The second kappa shape index (κ2) is 6.01. The topological polar surface area (TPSA) is 62.2 Å². The molecule has 1 heterocycles. The van der Waals surface area contributed by atoms with Crippen molar-refractivity contribution in [2.24, 2.45) is 5.41 Å². The molecule has 1 aromatic rings. The van der Waals surface area contributed by atoms with Crippen molar-refractivity contribution in [1.82, 2.24) is 10.3 Å².